The molecule has 0 aromatic carbocycles. The smallest absolute Gasteiger partial charge is 0.145 e. The molecule has 1 saturated carbocycles. The van der Waals surface area contributed by atoms with Crippen LogP contribution in [0, 0.1) is 22.7 Å². The molecule has 1 rings (SSSR count). The van der Waals surface area contributed by atoms with Gasteiger partial charge in [0.15, 0.2) is 0 Å². The fraction of sp³-hybridized carbons (Fsp3) is 1.00. The summed E-state index contributed by atoms with van der Waals surface area (Å²) in [6, 6.07) is 0. The van der Waals surface area contributed by atoms with Gasteiger partial charge in [0.05, 0.1) is 0 Å². The van der Waals surface area contributed by atoms with Crippen LogP contribution in [0.2, 0.25) is 0 Å². The van der Waals surface area contributed by atoms with Gasteiger partial charge < -0.3 is 4.43 Å². The molecular weight excluding hydrogens is 212 g/mol. The van der Waals surface area contributed by atoms with Crippen molar-refractivity contribution < 1.29 is 4.43 Å². The molecule has 2 heteroatoms. The van der Waals surface area contributed by atoms with Gasteiger partial charge in [0.25, 0.3) is 0 Å². The van der Waals surface area contributed by atoms with Crippen LogP contribution in [0.4, 0.5) is 0 Å². The van der Waals surface area contributed by atoms with E-state index >= 15 is 0 Å². The van der Waals surface area contributed by atoms with E-state index in [0.29, 0.717) is 10.8 Å². The first-order chi connectivity index (χ1) is 7.36. The normalized spacial score (nSPS) is 29.8. The Morgan fingerprint density at radius 3 is 2.44 bits per heavy atom. The van der Waals surface area contributed by atoms with E-state index in [2.05, 4.69) is 34.6 Å². The highest BCUT2D eigenvalue weighted by Crippen LogP contribution is 2.55. The van der Waals surface area contributed by atoms with Gasteiger partial charge in [-0.05, 0) is 41.9 Å². The summed E-state index contributed by atoms with van der Waals surface area (Å²) in [5, 5.41) is 0. The van der Waals surface area contributed by atoms with Crippen LogP contribution < -0.4 is 0 Å². The first-order valence-electron chi connectivity index (χ1n) is 6.85. The van der Waals surface area contributed by atoms with Gasteiger partial charge in [0.1, 0.15) is 10.5 Å². The molecule has 0 saturated heterocycles. The molecule has 0 amide bonds. The van der Waals surface area contributed by atoms with Gasteiger partial charge >= 0.3 is 0 Å². The maximum Gasteiger partial charge on any atom is 0.145 e. The minimum absolute atomic E-state index is 0.461. The third kappa shape index (κ3) is 2.70. The van der Waals surface area contributed by atoms with E-state index in [1.54, 1.807) is 0 Å². The molecule has 0 heterocycles. The van der Waals surface area contributed by atoms with E-state index in [1.165, 1.54) is 25.7 Å². The monoisotopic (exact) mass is 242 g/mol. The van der Waals surface area contributed by atoms with Crippen molar-refractivity contribution in [2.24, 2.45) is 22.7 Å². The lowest BCUT2D eigenvalue weighted by atomic mass is 9.63. The molecule has 0 N–H and O–H groups in total. The fourth-order valence-electron chi connectivity index (χ4n) is 4.11. The first-order valence-corrected chi connectivity index (χ1v) is 7.66. The predicted molar refractivity (Wildman–Crippen MR) is 74.6 cm³/mol. The maximum absolute atomic E-state index is 5.52. The van der Waals surface area contributed by atoms with Crippen LogP contribution in [0.5, 0.6) is 0 Å². The Bertz CT molecular complexity index is 223. The number of hydrogen-bond donors (Lipinski definition) is 0. The quantitative estimate of drug-likeness (QED) is 0.673. The molecule has 1 aliphatic rings. The Kier molecular flexibility index (Phi) is 4.64. The van der Waals surface area contributed by atoms with E-state index in [0.717, 1.165) is 28.9 Å². The average Bonchev–Trinajstić information content (AvgIpc) is 2.43. The van der Waals surface area contributed by atoms with E-state index in [-0.39, 0.29) is 0 Å². The molecule has 96 valence electrons. The van der Waals surface area contributed by atoms with Crippen LogP contribution >= 0.6 is 0 Å². The third-order valence-corrected chi connectivity index (χ3v) is 5.29. The minimum Gasteiger partial charge on any atom is -0.428 e. The lowest BCUT2D eigenvalue weighted by Gasteiger charge is -2.43. The summed E-state index contributed by atoms with van der Waals surface area (Å²) in [6.45, 7) is 13.2. The highest BCUT2D eigenvalue weighted by Gasteiger charge is 2.48. The molecule has 0 aromatic rings. The maximum atomic E-state index is 5.52. The topological polar surface area (TPSA) is 9.23 Å². The standard InChI is InChI=1S/C14H30OSi/c1-6-9-13(2,3)12-8-7-11(10-15-16)14(12,4)5/h11-12H,6-10H2,1-5,16H3. The van der Waals surface area contributed by atoms with Crippen molar-refractivity contribution >= 4 is 10.5 Å². The van der Waals surface area contributed by atoms with E-state index in [4.69, 9.17) is 4.43 Å². The van der Waals surface area contributed by atoms with Gasteiger partial charge in [-0.2, -0.15) is 0 Å². The van der Waals surface area contributed by atoms with Crippen LogP contribution in [-0.4, -0.2) is 17.1 Å². The van der Waals surface area contributed by atoms with Crippen LogP contribution in [0.1, 0.15) is 60.3 Å². The summed E-state index contributed by atoms with van der Waals surface area (Å²) in [7, 11) is 0.887. The highest BCUT2D eigenvalue weighted by atomic mass is 28.2. The number of hydrogen-bond acceptors (Lipinski definition) is 1. The molecule has 1 nitrogen and oxygen atoms in total. The fourth-order valence-corrected chi connectivity index (χ4v) is 4.51. The van der Waals surface area contributed by atoms with Crippen molar-refractivity contribution in [2.75, 3.05) is 6.61 Å². The zero-order valence-corrected chi connectivity index (χ0v) is 14.1. The van der Waals surface area contributed by atoms with Gasteiger partial charge in [0, 0.05) is 6.61 Å². The summed E-state index contributed by atoms with van der Waals surface area (Å²) in [6.07, 6.45) is 5.43. The second-order valence-corrected chi connectivity index (χ2v) is 7.42. The lowest BCUT2D eigenvalue weighted by Crippen LogP contribution is -2.36. The van der Waals surface area contributed by atoms with Crippen LogP contribution in [0.3, 0.4) is 0 Å². The molecule has 1 aliphatic carbocycles. The molecule has 0 bridgehead atoms. The second kappa shape index (κ2) is 5.22. The average molecular weight is 242 g/mol. The van der Waals surface area contributed by atoms with Gasteiger partial charge in [-0.15, -0.1) is 0 Å². The van der Waals surface area contributed by atoms with Crippen molar-refractivity contribution in [3.63, 3.8) is 0 Å². The molecular formula is C14H30OSi. The second-order valence-electron chi connectivity index (χ2n) is 6.84. The zero-order valence-electron chi connectivity index (χ0n) is 12.1. The first kappa shape index (κ1) is 14.2. The SMILES string of the molecule is CCCC(C)(C)C1CCC(CO[SiH3])C1(C)C. The van der Waals surface area contributed by atoms with E-state index in [1.807, 2.05) is 0 Å². The minimum atomic E-state index is 0.461. The Balaban J connectivity index is 2.76. The van der Waals surface area contributed by atoms with E-state index in [9.17, 15) is 0 Å². The van der Waals surface area contributed by atoms with Crippen LogP contribution in [0.15, 0.2) is 0 Å². The van der Waals surface area contributed by atoms with Crippen molar-refractivity contribution in [1.29, 1.82) is 0 Å². The van der Waals surface area contributed by atoms with Crippen molar-refractivity contribution in [3.8, 4) is 0 Å². The summed E-state index contributed by atoms with van der Waals surface area (Å²) in [4.78, 5) is 0. The molecule has 2 unspecified atom stereocenters. The van der Waals surface area contributed by atoms with Crippen LogP contribution in [0.25, 0.3) is 0 Å². The molecule has 0 radical (unpaired) electrons. The van der Waals surface area contributed by atoms with Crippen molar-refractivity contribution in [2.45, 2.75) is 60.3 Å². The molecule has 0 spiro atoms. The summed E-state index contributed by atoms with van der Waals surface area (Å²) >= 11 is 0. The highest BCUT2D eigenvalue weighted by molar-refractivity contribution is 5.97. The van der Waals surface area contributed by atoms with Gasteiger partial charge in [0.2, 0.25) is 0 Å². The lowest BCUT2D eigenvalue weighted by molar-refractivity contribution is 0.0506. The summed E-state index contributed by atoms with van der Waals surface area (Å²) in [5.41, 5.74) is 0.960. The van der Waals surface area contributed by atoms with Crippen LogP contribution in [-0.2, 0) is 4.43 Å². The Hall–Kier alpha value is 0.177. The van der Waals surface area contributed by atoms with E-state index < -0.39 is 0 Å². The number of rotatable bonds is 5. The molecule has 1 fully saturated rings. The van der Waals surface area contributed by atoms with Gasteiger partial charge in [-0.25, -0.2) is 0 Å². The molecule has 0 aliphatic heterocycles. The predicted octanol–water partition coefficient (Wildman–Crippen LogP) is 3.16. The Labute approximate surface area is 105 Å². The summed E-state index contributed by atoms with van der Waals surface area (Å²) < 4.78 is 5.52. The van der Waals surface area contributed by atoms with Crippen molar-refractivity contribution in [3.05, 3.63) is 0 Å². The third-order valence-electron chi connectivity index (χ3n) is 4.96. The van der Waals surface area contributed by atoms with Crippen molar-refractivity contribution in [1.82, 2.24) is 0 Å². The van der Waals surface area contributed by atoms with Gasteiger partial charge in [-0.3, -0.25) is 0 Å². The Morgan fingerprint density at radius 1 is 1.31 bits per heavy atom. The Morgan fingerprint density at radius 2 is 1.94 bits per heavy atom. The molecule has 2 atom stereocenters. The molecule has 16 heavy (non-hydrogen) atoms. The largest absolute Gasteiger partial charge is 0.428 e. The molecule has 0 aromatic heterocycles. The zero-order chi connectivity index (χ0) is 12.4. The van der Waals surface area contributed by atoms with Gasteiger partial charge in [-0.1, -0.05) is 41.0 Å². The summed E-state index contributed by atoms with van der Waals surface area (Å²) in [5.74, 6) is 1.65.